The molecule has 2 spiro atoms. The van der Waals surface area contributed by atoms with Gasteiger partial charge in [-0.2, -0.15) is 0 Å². The van der Waals surface area contributed by atoms with E-state index in [1.165, 1.54) is 37.1 Å². The Bertz CT molecular complexity index is 1060. The molecular weight excluding hydrogens is 426 g/mol. The Morgan fingerprint density at radius 1 is 1.15 bits per heavy atom. The quantitative estimate of drug-likeness (QED) is 0.636. The molecular formula is C29H42NO4+. The molecule has 2 aliphatic heterocycles. The lowest BCUT2D eigenvalue weighted by Gasteiger charge is -2.74. The van der Waals surface area contributed by atoms with Crippen molar-refractivity contribution >= 4 is 0 Å². The second-order valence-corrected chi connectivity index (χ2v) is 13.9. The maximum Gasteiger partial charge on any atom is 0.165 e. The van der Waals surface area contributed by atoms with Crippen LogP contribution >= 0.6 is 0 Å². The molecule has 5 nitrogen and oxygen atoms in total. The third-order valence-corrected chi connectivity index (χ3v) is 12.1. The van der Waals surface area contributed by atoms with E-state index in [0.717, 1.165) is 43.8 Å². The second kappa shape index (κ2) is 6.33. The molecule has 4 saturated carbocycles. The number of phenolic OH excluding ortho intramolecular Hbond substituents is 1. The molecule has 1 unspecified atom stereocenters. The summed E-state index contributed by atoms with van der Waals surface area (Å²) >= 11 is 0. The van der Waals surface area contributed by atoms with E-state index in [2.05, 4.69) is 26.8 Å². The number of rotatable bonds is 4. The van der Waals surface area contributed by atoms with Gasteiger partial charge in [0.2, 0.25) is 0 Å². The van der Waals surface area contributed by atoms with Crippen molar-refractivity contribution in [2.75, 3.05) is 20.2 Å². The van der Waals surface area contributed by atoms with Crippen LogP contribution < -0.4 is 9.64 Å². The Labute approximate surface area is 203 Å². The Hall–Kier alpha value is -1.30. The van der Waals surface area contributed by atoms with E-state index >= 15 is 0 Å². The third-order valence-electron chi connectivity index (χ3n) is 12.1. The van der Waals surface area contributed by atoms with Crippen LogP contribution in [-0.4, -0.2) is 53.8 Å². The zero-order valence-corrected chi connectivity index (χ0v) is 21.5. The highest BCUT2D eigenvalue weighted by Crippen LogP contribution is 2.76. The molecule has 0 aromatic heterocycles. The molecule has 8 atom stereocenters. The van der Waals surface area contributed by atoms with E-state index in [1.54, 1.807) is 4.90 Å². The minimum atomic E-state index is -0.899. The maximum absolute atomic E-state index is 12.2. The zero-order valence-electron chi connectivity index (χ0n) is 21.5. The Morgan fingerprint density at radius 2 is 1.91 bits per heavy atom. The van der Waals surface area contributed by atoms with Gasteiger partial charge in [-0.25, -0.2) is 0 Å². The van der Waals surface area contributed by atoms with Gasteiger partial charge in [0.1, 0.15) is 11.7 Å². The molecule has 1 aromatic rings. The van der Waals surface area contributed by atoms with E-state index in [1.807, 2.05) is 20.1 Å². The number of ether oxygens (including phenoxy) is 2. The molecule has 5 aliphatic carbocycles. The number of piperidine rings is 1. The van der Waals surface area contributed by atoms with Crippen molar-refractivity contribution in [2.24, 2.45) is 22.7 Å². The maximum atomic E-state index is 12.2. The number of fused-ring (bicyclic) bond motifs is 2. The average Bonchev–Trinajstić information content (AvgIpc) is 3.53. The largest absolute Gasteiger partial charge is 0.504 e. The highest BCUT2D eigenvalue weighted by atomic mass is 16.6. The van der Waals surface area contributed by atoms with Crippen molar-refractivity contribution in [1.29, 1.82) is 0 Å². The van der Waals surface area contributed by atoms with Crippen LogP contribution in [-0.2, 0) is 16.6 Å². The molecule has 186 valence electrons. The summed E-state index contributed by atoms with van der Waals surface area (Å²) in [5.41, 5.74) is 0.900. The van der Waals surface area contributed by atoms with Gasteiger partial charge in [-0.05, 0) is 56.1 Å². The first kappa shape index (κ1) is 21.9. The fourth-order valence-corrected chi connectivity index (χ4v) is 9.82. The predicted octanol–water partition coefficient (Wildman–Crippen LogP) is 3.00. The smallest absolute Gasteiger partial charge is 0.165 e. The van der Waals surface area contributed by atoms with Crippen LogP contribution in [0.1, 0.15) is 77.3 Å². The number of methoxy groups -OCH3 is 1. The van der Waals surface area contributed by atoms with Crippen molar-refractivity contribution in [1.82, 2.24) is 0 Å². The fourth-order valence-electron chi connectivity index (χ4n) is 9.82. The number of quaternary nitrogens is 1. The van der Waals surface area contributed by atoms with E-state index in [4.69, 9.17) is 9.47 Å². The van der Waals surface area contributed by atoms with Gasteiger partial charge in [0.25, 0.3) is 0 Å². The zero-order chi connectivity index (χ0) is 23.9. The van der Waals surface area contributed by atoms with Crippen LogP contribution in [0.5, 0.6) is 11.5 Å². The summed E-state index contributed by atoms with van der Waals surface area (Å²) in [5, 5.41) is 23.2. The number of aromatic hydroxyl groups is 1. The summed E-state index contributed by atoms with van der Waals surface area (Å²) in [7, 11) is 1.83. The minimum Gasteiger partial charge on any atom is -0.504 e. The van der Waals surface area contributed by atoms with Gasteiger partial charge >= 0.3 is 0 Å². The molecule has 1 aromatic carbocycles. The molecule has 5 fully saturated rings. The van der Waals surface area contributed by atoms with Gasteiger partial charge in [0.05, 0.1) is 30.1 Å². The Morgan fingerprint density at radius 3 is 2.59 bits per heavy atom. The predicted molar refractivity (Wildman–Crippen MR) is 129 cm³/mol. The van der Waals surface area contributed by atoms with E-state index in [-0.39, 0.29) is 34.0 Å². The first-order valence-corrected chi connectivity index (χ1v) is 13.7. The van der Waals surface area contributed by atoms with Crippen LogP contribution in [0.15, 0.2) is 12.1 Å². The number of hydrogen-bond acceptors (Lipinski definition) is 4. The van der Waals surface area contributed by atoms with Crippen LogP contribution in [0.4, 0.5) is 0 Å². The molecule has 2 heterocycles. The molecule has 1 saturated heterocycles. The molecule has 5 heteroatoms. The average molecular weight is 469 g/mol. The second-order valence-electron chi connectivity index (χ2n) is 13.9. The molecule has 4 bridgehead atoms. The highest BCUT2D eigenvalue weighted by molar-refractivity contribution is 5.63. The van der Waals surface area contributed by atoms with Gasteiger partial charge in [0.15, 0.2) is 11.5 Å². The molecule has 7 aliphatic rings. The summed E-state index contributed by atoms with van der Waals surface area (Å²) in [6, 6.07) is 4.57. The standard InChI is InChI=1S/C29H41NO4/c1-25(2,3)26(4,32)20-15-27-10-11-29(20,33-5)24-28(27)12-13-30(16-17-6-7-17)21(27)14-18-8-9-19(31)23(34-24)22(18)28/h8-9,17,20-21,24,31-32H,6-7,10-16H2,1-5H3/p+1/t20-,21-,24-,26-,27-,28+,29+/m1/s1. The molecule has 3 N–H and O–H groups in total. The first-order valence-electron chi connectivity index (χ1n) is 13.7. The Balaban J connectivity index is 1.47. The van der Waals surface area contributed by atoms with Gasteiger partial charge < -0.3 is 24.6 Å². The number of aliphatic hydroxyl groups is 1. The Kier molecular flexibility index (Phi) is 4.08. The molecule has 34 heavy (non-hydrogen) atoms. The number of benzene rings is 1. The van der Waals surface area contributed by atoms with Crippen LogP contribution in [0, 0.1) is 22.7 Å². The topological polar surface area (TPSA) is 63.4 Å². The molecule has 0 radical (unpaired) electrons. The summed E-state index contributed by atoms with van der Waals surface area (Å²) in [6.45, 7) is 11.0. The minimum absolute atomic E-state index is 0.0161. The van der Waals surface area contributed by atoms with Gasteiger partial charge in [-0.1, -0.05) is 26.8 Å². The monoisotopic (exact) mass is 468 g/mol. The number of nitrogens with one attached hydrogen (secondary N) is 1. The van der Waals surface area contributed by atoms with Crippen LogP contribution in [0.2, 0.25) is 0 Å². The number of phenols is 1. The highest BCUT2D eigenvalue weighted by Gasteiger charge is 2.83. The van der Waals surface area contributed by atoms with Gasteiger partial charge in [-0.3, -0.25) is 0 Å². The number of hydrogen-bond donors (Lipinski definition) is 3. The SMILES string of the molecule is CO[C@@]12CC[C@@]3(C[C@@H]1[C@@](C)(O)C(C)(C)C)[C@H]1Cc4ccc(O)c5c4[C@@]3(CC[NH+]1CC1CC1)[C@H]2O5. The van der Waals surface area contributed by atoms with Gasteiger partial charge in [0, 0.05) is 42.8 Å². The summed E-state index contributed by atoms with van der Waals surface area (Å²) in [6.07, 6.45) is 7.82. The van der Waals surface area contributed by atoms with Crippen molar-refractivity contribution in [3.63, 3.8) is 0 Å². The number of likely N-dealkylation sites (tertiary alicyclic amines) is 1. The van der Waals surface area contributed by atoms with Crippen LogP contribution in [0.3, 0.4) is 0 Å². The normalized spacial score (nSPS) is 45.5. The van der Waals surface area contributed by atoms with E-state index in [9.17, 15) is 10.2 Å². The van der Waals surface area contributed by atoms with Crippen molar-refractivity contribution in [2.45, 2.75) is 101 Å². The lowest BCUT2D eigenvalue weighted by atomic mass is 9.33. The molecule has 0 amide bonds. The lowest BCUT2D eigenvalue weighted by Crippen LogP contribution is -3.21. The lowest BCUT2D eigenvalue weighted by molar-refractivity contribution is -0.945. The molecule has 8 rings (SSSR count). The third kappa shape index (κ3) is 2.25. The summed E-state index contributed by atoms with van der Waals surface area (Å²) < 4.78 is 13.5. The fraction of sp³-hybridized carbons (Fsp3) is 0.793. The summed E-state index contributed by atoms with van der Waals surface area (Å²) in [4.78, 5) is 1.79. The van der Waals surface area contributed by atoms with Crippen molar-refractivity contribution in [3.8, 4) is 11.5 Å². The van der Waals surface area contributed by atoms with Crippen LogP contribution in [0.25, 0.3) is 0 Å². The summed E-state index contributed by atoms with van der Waals surface area (Å²) in [5.74, 6) is 1.87. The van der Waals surface area contributed by atoms with E-state index < -0.39 is 11.2 Å². The van der Waals surface area contributed by atoms with E-state index in [0.29, 0.717) is 6.04 Å². The van der Waals surface area contributed by atoms with Crippen molar-refractivity contribution < 1.29 is 24.6 Å². The first-order chi connectivity index (χ1) is 16.0. The van der Waals surface area contributed by atoms with Gasteiger partial charge in [-0.15, -0.1) is 0 Å². The van der Waals surface area contributed by atoms with Crippen molar-refractivity contribution in [3.05, 3.63) is 23.3 Å².